The number of nitrogens with zero attached hydrogens (tertiary/aromatic N) is 3. The zero-order chi connectivity index (χ0) is 14.7. The number of aliphatic hydroxyl groups is 1. The minimum absolute atomic E-state index is 0.0281. The van der Waals surface area contributed by atoms with Gasteiger partial charge in [0.2, 0.25) is 0 Å². The molecule has 0 saturated carbocycles. The molecule has 0 aromatic carbocycles. The maximum atomic E-state index is 12.1. The predicted octanol–water partition coefficient (Wildman–Crippen LogP) is 1.17. The number of nitrogens with one attached hydrogen (secondary N) is 1. The largest absolute Gasteiger partial charge is 0.396 e. The first kappa shape index (κ1) is 14.5. The Morgan fingerprint density at radius 3 is 3.00 bits per heavy atom. The van der Waals surface area contributed by atoms with E-state index in [9.17, 15) is 4.79 Å². The summed E-state index contributed by atoms with van der Waals surface area (Å²) >= 11 is 0. The van der Waals surface area contributed by atoms with Crippen LogP contribution in [0.25, 0.3) is 11.0 Å². The average Bonchev–Trinajstić information content (AvgIpc) is 2.71. The van der Waals surface area contributed by atoms with Crippen LogP contribution in [0.1, 0.15) is 35.8 Å². The molecule has 0 spiro atoms. The summed E-state index contributed by atoms with van der Waals surface area (Å²) in [4.78, 5) is 16.4. The molecule has 2 N–H and O–H groups in total. The molecule has 2 aromatic rings. The lowest BCUT2D eigenvalue weighted by atomic mass is 10.1. The molecule has 1 atom stereocenters. The third-order valence-electron chi connectivity index (χ3n) is 3.30. The summed E-state index contributed by atoms with van der Waals surface area (Å²) in [5.41, 5.74) is 2.16. The Labute approximate surface area is 117 Å². The first-order chi connectivity index (χ1) is 9.52. The molecule has 0 saturated heterocycles. The van der Waals surface area contributed by atoms with Crippen LogP contribution in [0.5, 0.6) is 0 Å². The van der Waals surface area contributed by atoms with Crippen molar-refractivity contribution in [1.82, 2.24) is 20.1 Å². The van der Waals surface area contributed by atoms with Crippen molar-refractivity contribution >= 4 is 16.9 Å². The van der Waals surface area contributed by atoms with Crippen molar-refractivity contribution in [3.63, 3.8) is 0 Å². The molecule has 0 aliphatic carbocycles. The molecule has 6 heteroatoms. The Hall–Kier alpha value is -1.95. The monoisotopic (exact) mass is 276 g/mol. The lowest BCUT2D eigenvalue weighted by molar-refractivity contribution is 0.0936. The van der Waals surface area contributed by atoms with E-state index < -0.39 is 0 Å². The van der Waals surface area contributed by atoms with Crippen molar-refractivity contribution in [2.24, 2.45) is 7.05 Å². The number of rotatable bonds is 5. The summed E-state index contributed by atoms with van der Waals surface area (Å²) in [5, 5.41) is 16.9. The molecule has 2 heterocycles. The highest BCUT2D eigenvalue weighted by Crippen LogP contribution is 2.16. The number of pyridine rings is 1. The van der Waals surface area contributed by atoms with Crippen LogP contribution in [0.3, 0.4) is 0 Å². The van der Waals surface area contributed by atoms with Crippen molar-refractivity contribution in [3.05, 3.63) is 23.5 Å². The van der Waals surface area contributed by atoms with Gasteiger partial charge in [-0.2, -0.15) is 5.10 Å². The number of aromatic nitrogens is 3. The molecular formula is C14H20N4O2. The van der Waals surface area contributed by atoms with Gasteiger partial charge in [0.05, 0.1) is 11.3 Å². The third kappa shape index (κ3) is 2.96. The highest BCUT2D eigenvalue weighted by molar-refractivity contribution is 5.97. The van der Waals surface area contributed by atoms with Crippen LogP contribution < -0.4 is 5.32 Å². The molecule has 0 aliphatic rings. The van der Waals surface area contributed by atoms with Crippen LogP contribution in [-0.4, -0.2) is 38.4 Å². The van der Waals surface area contributed by atoms with Gasteiger partial charge in [0.25, 0.3) is 5.91 Å². The van der Waals surface area contributed by atoms with E-state index in [1.54, 1.807) is 10.9 Å². The van der Waals surface area contributed by atoms with E-state index in [0.29, 0.717) is 12.0 Å². The normalized spacial score (nSPS) is 12.6. The van der Waals surface area contributed by atoms with E-state index in [0.717, 1.165) is 23.1 Å². The van der Waals surface area contributed by atoms with Gasteiger partial charge in [0.15, 0.2) is 5.65 Å². The van der Waals surface area contributed by atoms with Gasteiger partial charge in [-0.25, -0.2) is 4.98 Å². The summed E-state index contributed by atoms with van der Waals surface area (Å²) in [7, 11) is 1.83. The second-order valence-electron chi connectivity index (χ2n) is 5.04. The first-order valence-electron chi connectivity index (χ1n) is 6.74. The molecular weight excluding hydrogens is 256 g/mol. The third-order valence-corrected chi connectivity index (χ3v) is 3.30. The molecule has 1 unspecified atom stereocenters. The Morgan fingerprint density at radius 2 is 2.30 bits per heavy atom. The standard InChI is InChI=1S/C14H20N4O2/c1-9(5-4-6-19)16-14(20)11-7-12-10(2)17-18(3)13(12)15-8-11/h7-9,19H,4-6H2,1-3H3,(H,16,20). The van der Waals surface area contributed by atoms with E-state index in [1.165, 1.54) is 0 Å². The number of hydrogen-bond acceptors (Lipinski definition) is 4. The molecule has 1 amide bonds. The van der Waals surface area contributed by atoms with Crippen LogP contribution in [0, 0.1) is 6.92 Å². The summed E-state index contributed by atoms with van der Waals surface area (Å²) in [6, 6.07) is 1.85. The molecule has 0 aliphatic heterocycles. The second-order valence-corrected chi connectivity index (χ2v) is 5.04. The van der Waals surface area contributed by atoms with Crippen LogP contribution in [0.2, 0.25) is 0 Å². The fourth-order valence-electron chi connectivity index (χ4n) is 2.21. The van der Waals surface area contributed by atoms with Crippen LogP contribution in [-0.2, 0) is 7.05 Å². The van der Waals surface area contributed by atoms with E-state index in [-0.39, 0.29) is 18.6 Å². The number of amides is 1. The van der Waals surface area contributed by atoms with Gasteiger partial charge in [-0.3, -0.25) is 9.48 Å². The average molecular weight is 276 g/mol. The Balaban J connectivity index is 2.16. The van der Waals surface area contributed by atoms with Crippen LogP contribution in [0.15, 0.2) is 12.3 Å². The van der Waals surface area contributed by atoms with E-state index in [2.05, 4.69) is 15.4 Å². The summed E-state index contributed by atoms with van der Waals surface area (Å²) in [6.45, 7) is 3.97. The Bertz CT molecular complexity index is 621. The zero-order valence-corrected chi connectivity index (χ0v) is 12.1. The maximum absolute atomic E-state index is 12.1. The lowest BCUT2D eigenvalue weighted by Crippen LogP contribution is -2.32. The highest BCUT2D eigenvalue weighted by atomic mass is 16.3. The number of aliphatic hydroxyl groups excluding tert-OH is 1. The van der Waals surface area contributed by atoms with Crippen LogP contribution >= 0.6 is 0 Å². The Morgan fingerprint density at radius 1 is 1.55 bits per heavy atom. The van der Waals surface area contributed by atoms with E-state index >= 15 is 0 Å². The fraction of sp³-hybridized carbons (Fsp3) is 0.500. The minimum Gasteiger partial charge on any atom is -0.396 e. The maximum Gasteiger partial charge on any atom is 0.253 e. The second kappa shape index (κ2) is 6.00. The van der Waals surface area contributed by atoms with Gasteiger partial charge in [0, 0.05) is 31.3 Å². The van der Waals surface area contributed by atoms with Gasteiger partial charge < -0.3 is 10.4 Å². The summed E-state index contributed by atoms with van der Waals surface area (Å²) in [6.07, 6.45) is 3.00. The van der Waals surface area contributed by atoms with E-state index in [4.69, 9.17) is 5.11 Å². The quantitative estimate of drug-likeness (QED) is 0.859. The summed E-state index contributed by atoms with van der Waals surface area (Å²) < 4.78 is 1.70. The SMILES string of the molecule is Cc1nn(C)c2ncc(C(=O)NC(C)CCCO)cc12. The van der Waals surface area contributed by atoms with Gasteiger partial charge >= 0.3 is 0 Å². The van der Waals surface area contributed by atoms with Crippen molar-refractivity contribution in [2.45, 2.75) is 32.7 Å². The smallest absolute Gasteiger partial charge is 0.253 e. The molecule has 0 radical (unpaired) electrons. The van der Waals surface area contributed by atoms with Crippen molar-refractivity contribution in [3.8, 4) is 0 Å². The van der Waals surface area contributed by atoms with Gasteiger partial charge in [-0.15, -0.1) is 0 Å². The number of carbonyl (C=O) groups is 1. The van der Waals surface area contributed by atoms with Gasteiger partial charge in [0.1, 0.15) is 0 Å². The number of fused-ring (bicyclic) bond motifs is 1. The predicted molar refractivity (Wildman–Crippen MR) is 76.5 cm³/mol. The Kier molecular flexibility index (Phi) is 4.34. The number of carbonyl (C=O) groups excluding carboxylic acids is 1. The molecule has 2 rings (SSSR count). The zero-order valence-electron chi connectivity index (χ0n) is 12.1. The summed E-state index contributed by atoms with van der Waals surface area (Å²) in [5.74, 6) is -0.145. The van der Waals surface area contributed by atoms with E-state index in [1.807, 2.05) is 27.0 Å². The van der Waals surface area contributed by atoms with Crippen LogP contribution in [0.4, 0.5) is 0 Å². The molecule has 108 valence electrons. The number of aryl methyl sites for hydroxylation is 2. The first-order valence-corrected chi connectivity index (χ1v) is 6.74. The number of hydrogen-bond donors (Lipinski definition) is 2. The molecule has 20 heavy (non-hydrogen) atoms. The molecule has 0 fully saturated rings. The topological polar surface area (TPSA) is 80.0 Å². The van der Waals surface area contributed by atoms with Crippen molar-refractivity contribution in [2.75, 3.05) is 6.61 Å². The lowest BCUT2D eigenvalue weighted by Gasteiger charge is -2.13. The van der Waals surface area contributed by atoms with Gasteiger partial charge in [-0.1, -0.05) is 0 Å². The molecule has 2 aromatic heterocycles. The van der Waals surface area contributed by atoms with Gasteiger partial charge in [-0.05, 0) is 32.8 Å². The van der Waals surface area contributed by atoms with Crippen molar-refractivity contribution < 1.29 is 9.90 Å². The van der Waals surface area contributed by atoms with Crippen molar-refractivity contribution in [1.29, 1.82) is 0 Å². The molecule has 6 nitrogen and oxygen atoms in total. The molecule has 0 bridgehead atoms. The highest BCUT2D eigenvalue weighted by Gasteiger charge is 2.13. The fourth-order valence-corrected chi connectivity index (χ4v) is 2.21. The minimum atomic E-state index is -0.145.